The van der Waals surface area contributed by atoms with Crippen molar-refractivity contribution in [2.45, 2.75) is 37.3 Å². The fraction of sp³-hybridized carbons (Fsp3) is 0.400. The fourth-order valence-corrected chi connectivity index (χ4v) is 4.55. The van der Waals surface area contributed by atoms with Crippen LogP contribution in [0.4, 0.5) is 5.69 Å². The molecule has 1 unspecified atom stereocenters. The van der Waals surface area contributed by atoms with Gasteiger partial charge >= 0.3 is 0 Å². The zero-order chi connectivity index (χ0) is 20.0. The molecule has 2 aromatic rings. The van der Waals surface area contributed by atoms with E-state index in [1.165, 1.54) is 16.4 Å². The molecule has 0 heterocycles. The molecule has 0 fully saturated rings. The van der Waals surface area contributed by atoms with Gasteiger partial charge in [-0.15, -0.1) is 0 Å². The van der Waals surface area contributed by atoms with Crippen LogP contribution in [-0.2, 0) is 16.4 Å². The summed E-state index contributed by atoms with van der Waals surface area (Å²) in [5.41, 5.74) is 13.3. The van der Waals surface area contributed by atoms with E-state index in [1.807, 2.05) is 44.2 Å². The molecule has 0 aromatic heterocycles. The van der Waals surface area contributed by atoms with Gasteiger partial charge in [0.2, 0.25) is 10.0 Å². The van der Waals surface area contributed by atoms with Crippen molar-refractivity contribution in [1.29, 1.82) is 0 Å². The second-order valence-electron chi connectivity index (χ2n) is 7.21. The van der Waals surface area contributed by atoms with E-state index in [4.69, 9.17) is 11.5 Å². The Morgan fingerprint density at radius 3 is 2.30 bits per heavy atom. The van der Waals surface area contributed by atoms with E-state index in [9.17, 15) is 13.5 Å². The van der Waals surface area contributed by atoms with E-state index in [0.29, 0.717) is 12.1 Å². The number of benzene rings is 2. The van der Waals surface area contributed by atoms with Crippen LogP contribution in [0.5, 0.6) is 0 Å². The summed E-state index contributed by atoms with van der Waals surface area (Å²) in [5, 5.41) is 10.6. The Bertz CT molecular complexity index is 825. The highest BCUT2D eigenvalue weighted by Gasteiger charge is 2.29. The van der Waals surface area contributed by atoms with Crippen molar-refractivity contribution in [2.75, 3.05) is 18.8 Å². The monoisotopic (exact) mass is 391 g/mol. The number of rotatable bonds is 9. The van der Waals surface area contributed by atoms with Crippen LogP contribution in [0.3, 0.4) is 0 Å². The molecule has 0 bridgehead atoms. The lowest BCUT2D eigenvalue weighted by Crippen LogP contribution is -2.47. The number of hydrogen-bond acceptors (Lipinski definition) is 5. The highest BCUT2D eigenvalue weighted by molar-refractivity contribution is 7.89. The van der Waals surface area contributed by atoms with Crippen LogP contribution in [0.15, 0.2) is 59.5 Å². The van der Waals surface area contributed by atoms with Crippen LogP contribution < -0.4 is 11.5 Å². The highest BCUT2D eigenvalue weighted by Crippen LogP contribution is 2.20. The summed E-state index contributed by atoms with van der Waals surface area (Å²) < 4.78 is 27.4. The summed E-state index contributed by atoms with van der Waals surface area (Å²) in [4.78, 5) is 0.118. The van der Waals surface area contributed by atoms with Crippen molar-refractivity contribution < 1.29 is 13.5 Å². The van der Waals surface area contributed by atoms with Gasteiger partial charge in [0.25, 0.3) is 0 Å². The molecule has 6 nitrogen and oxygen atoms in total. The first-order chi connectivity index (χ1) is 12.7. The quantitative estimate of drug-likeness (QED) is 0.565. The summed E-state index contributed by atoms with van der Waals surface area (Å²) >= 11 is 0. The minimum absolute atomic E-state index is 0.0662. The van der Waals surface area contributed by atoms with Gasteiger partial charge in [0.1, 0.15) is 0 Å². The van der Waals surface area contributed by atoms with Gasteiger partial charge in [0.15, 0.2) is 0 Å². The van der Waals surface area contributed by atoms with Crippen molar-refractivity contribution in [1.82, 2.24) is 4.31 Å². The van der Waals surface area contributed by atoms with Crippen molar-refractivity contribution in [3.05, 3.63) is 60.2 Å². The van der Waals surface area contributed by atoms with Crippen molar-refractivity contribution >= 4 is 15.7 Å². The maximum absolute atomic E-state index is 13.1. The van der Waals surface area contributed by atoms with Gasteiger partial charge in [0.05, 0.1) is 11.0 Å². The number of nitrogens with two attached hydrogens (primary N) is 2. The Morgan fingerprint density at radius 2 is 1.70 bits per heavy atom. The summed E-state index contributed by atoms with van der Waals surface area (Å²) in [6.07, 6.45) is -0.518. The van der Waals surface area contributed by atoms with Crippen LogP contribution in [0.1, 0.15) is 19.4 Å². The molecule has 0 saturated heterocycles. The molecule has 2 atom stereocenters. The SMILES string of the molecule is CC(C)CN(C[C@@H](O)C(N)Cc1ccccc1)S(=O)(=O)c1cccc(N)c1. The fourth-order valence-electron chi connectivity index (χ4n) is 2.87. The number of nitrogens with zero attached hydrogens (tertiary/aromatic N) is 1. The molecule has 0 aliphatic heterocycles. The first-order valence-electron chi connectivity index (χ1n) is 9.03. The third-order valence-corrected chi connectivity index (χ3v) is 6.09. The molecule has 0 aliphatic carbocycles. The van der Waals surface area contributed by atoms with Crippen LogP contribution >= 0.6 is 0 Å². The molecule has 2 aromatic carbocycles. The van der Waals surface area contributed by atoms with Crippen LogP contribution in [-0.4, -0.2) is 43.1 Å². The number of aliphatic hydroxyl groups is 1. The first kappa shape index (κ1) is 21.4. The van der Waals surface area contributed by atoms with Gasteiger partial charge in [0, 0.05) is 24.8 Å². The molecule has 148 valence electrons. The van der Waals surface area contributed by atoms with Gasteiger partial charge < -0.3 is 16.6 Å². The van der Waals surface area contributed by atoms with E-state index in [1.54, 1.807) is 12.1 Å². The van der Waals surface area contributed by atoms with E-state index < -0.39 is 22.2 Å². The molecule has 7 heteroatoms. The molecule has 5 N–H and O–H groups in total. The zero-order valence-electron chi connectivity index (χ0n) is 15.8. The summed E-state index contributed by atoms with van der Waals surface area (Å²) in [6.45, 7) is 4.08. The molecular weight excluding hydrogens is 362 g/mol. The molecule has 0 aliphatic rings. The number of nitrogen functional groups attached to an aromatic ring is 1. The van der Waals surface area contributed by atoms with Crippen LogP contribution in [0, 0.1) is 5.92 Å². The normalized spacial score (nSPS) is 14.4. The summed E-state index contributed by atoms with van der Waals surface area (Å²) in [5.74, 6) is 0.0957. The third kappa shape index (κ3) is 6.04. The van der Waals surface area contributed by atoms with Gasteiger partial charge in [-0.25, -0.2) is 8.42 Å². The Kier molecular flexibility index (Phi) is 7.38. The second-order valence-corrected chi connectivity index (χ2v) is 9.15. The average molecular weight is 392 g/mol. The smallest absolute Gasteiger partial charge is 0.243 e. The molecule has 2 rings (SSSR count). The predicted octanol–water partition coefficient (Wildman–Crippen LogP) is 1.85. The molecule has 27 heavy (non-hydrogen) atoms. The number of anilines is 1. The topological polar surface area (TPSA) is 110 Å². The largest absolute Gasteiger partial charge is 0.399 e. The molecular formula is C20H29N3O3S. The molecule has 0 spiro atoms. The molecule has 0 amide bonds. The minimum atomic E-state index is -3.78. The van der Waals surface area contributed by atoms with Crippen LogP contribution in [0.2, 0.25) is 0 Å². The van der Waals surface area contributed by atoms with Crippen molar-refractivity contribution in [3.8, 4) is 0 Å². The van der Waals surface area contributed by atoms with E-state index >= 15 is 0 Å². The first-order valence-corrected chi connectivity index (χ1v) is 10.5. The lowest BCUT2D eigenvalue weighted by Gasteiger charge is -2.28. The minimum Gasteiger partial charge on any atom is -0.399 e. The average Bonchev–Trinajstić information content (AvgIpc) is 2.61. The predicted molar refractivity (Wildman–Crippen MR) is 109 cm³/mol. The third-order valence-electron chi connectivity index (χ3n) is 4.26. The number of sulfonamides is 1. The Hall–Kier alpha value is -1.93. The van der Waals surface area contributed by atoms with E-state index in [-0.39, 0.29) is 23.9 Å². The molecule has 0 saturated carbocycles. The highest BCUT2D eigenvalue weighted by atomic mass is 32.2. The van der Waals surface area contributed by atoms with Crippen LogP contribution in [0.25, 0.3) is 0 Å². The lowest BCUT2D eigenvalue weighted by molar-refractivity contribution is 0.116. The summed E-state index contributed by atoms with van der Waals surface area (Å²) in [6, 6.07) is 15.2. The van der Waals surface area contributed by atoms with E-state index in [0.717, 1.165) is 5.56 Å². The van der Waals surface area contributed by atoms with Gasteiger partial charge in [-0.1, -0.05) is 50.2 Å². The Morgan fingerprint density at radius 1 is 1.04 bits per heavy atom. The van der Waals surface area contributed by atoms with Gasteiger partial charge in [-0.2, -0.15) is 4.31 Å². The number of aliphatic hydroxyl groups excluding tert-OH is 1. The Balaban J connectivity index is 2.18. The standard InChI is InChI=1S/C20H29N3O3S/c1-15(2)13-23(27(25,26)18-10-6-9-17(21)12-18)14-20(24)19(22)11-16-7-4-3-5-8-16/h3-10,12,15,19-20,24H,11,13-14,21-22H2,1-2H3/t19?,20-/m1/s1. The zero-order valence-corrected chi connectivity index (χ0v) is 16.6. The van der Waals surface area contributed by atoms with Gasteiger partial charge in [-0.05, 0) is 36.1 Å². The summed E-state index contributed by atoms with van der Waals surface area (Å²) in [7, 11) is -3.78. The second kappa shape index (κ2) is 9.32. The lowest BCUT2D eigenvalue weighted by atomic mass is 10.0. The number of hydrogen-bond donors (Lipinski definition) is 3. The van der Waals surface area contributed by atoms with Gasteiger partial charge in [-0.3, -0.25) is 0 Å². The van der Waals surface area contributed by atoms with Crippen molar-refractivity contribution in [3.63, 3.8) is 0 Å². The Labute approximate surface area is 161 Å². The van der Waals surface area contributed by atoms with E-state index in [2.05, 4.69) is 0 Å². The maximum Gasteiger partial charge on any atom is 0.243 e. The molecule has 0 radical (unpaired) electrons. The van der Waals surface area contributed by atoms with Crippen molar-refractivity contribution in [2.24, 2.45) is 11.7 Å². The maximum atomic E-state index is 13.1.